The van der Waals surface area contributed by atoms with Crippen molar-refractivity contribution in [3.8, 4) is 0 Å². The number of benzene rings is 1. The first-order valence-electron chi connectivity index (χ1n) is 8.62. The average Bonchev–Trinajstić information content (AvgIpc) is 2.48. The van der Waals surface area contributed by atoms with Crippen molar-refractivity contribution in [2.45, 2.75) is 38.8 Å². The molecule has 3 rings (SSSR count). The maximum absolute atomic E-state index is 11.2. The van der Waals surface area contributed by atoms with Crippen molar-refractivity contribution in [1.82, 2.24) is 9.62 Å². The first-order valence-corrected chi connectivity index (χ1v) is 10.5. The third-order valence-corrected chi connectivity index (χ3v) is 5.88. The van der Waals surface area contributed by atoms with Gasteiger partial charge in [-0.25, -0.2) is 13.1 Å². The molecule has 1 atom stereocenters. The van der Waals surface area contributed by atoms with Crippen LogP contribution in [0.25, 0.3) is 0 Å². The van der Waals surface area contributed by atoms with E-state index in [1.807, 2.05) is 0 Å². The van der Waals surface area contributed by atoms with Crippen LogP contribution in [-0.4, -0.2) is 51.4 Å². The summed E-state index contributed by atoms with van der Waals surface area (Å²) in [4.78, 5) is 2.44. The largest absolute Gasteiger partial charge is 0.372 e. The Morgan fingerprint density at radius 1 is 1.33 bits per heavy atom. The van der Waals surface area contributed by atoms with E-state index < -0.39 is 10.0 Å². The number of sulfonamides is 1. The molecule has 1 aromatic carbocycles. The van der Waals surface area contributed by atoms with Crippen LogP contribution in [-0.2, 0) is 21.3 Å². The van der Waals surface area contributed by atoms with E-state index in [0.717, 1.165) is 32.5 Å². The second-order valence-electron chi connectivity index (χ2n) is 7.59. The summed E-state index contributed by atoms with van der Waals surface area (Å²) in [6.45, 7) is 8.38. The van der Waals surface area contributed by atoms with Crippen LogP contribution in [0.2, 0.25) is 0 Å². The third kappa shape index (κ3) is 4.36. The van der Waals surface area contributed by atoms with Crippen molar-refractivity contribution in [3.63, 3.8) is 0 Å². The fraction of sp³-hybridized carbons (Fsp3) is 0.667. The lowest BCUT2D eigenvalue weighted by Gasteiger charge is -2.53. The molecule has 5 nitrogen and oxygen atoms in total. The molecule has 0 amide bonds. The van der Waals surface area contributed by atoms with Gasteiger partial charge in [-0.3, -0.25) is 4.90 Å². The zero-order valence-corrected chi connectivity index (χ0v) is 15.7. The Morgan fingerprint density at radius 2 is 2.08 bits per heavy atom. The maximum atomic E-state index is 11.2. The molecular weight excluding hydrogens is 324 g/mol. The number of nitrogens with one attached hydrogen (secondary N) is 1. The lowest BCUT2D eigenvalue weighted by molar-refractivity contribution is -0.181. The van der Waals surface area contributed by atoms with Crippen LogP contribution in [0.4, 0.5) is 0 Å². The fourth-order valence-corrected chi connectivity index (χ4v) is 4.23. The third-order valence-electron chi connectivity index (χ3n) is 5.19. The monoisotopic (exact) mass is 352 g/mol. The number of hydrogen-bond donors (Lipinski definition) is 1. The second kappa shape index (κ2) is 6.75. The molecule has 0 saturated carbocycles. The standard InChI is InChI=1S/C18H28N2O3S/c1-14-4-5-15(2)17(8-14)10-20-12-18(13-20)7-6-16(11-23-18)9-19-24(3,21)22/h4-5,8,16,19H,6-7,9-13H2,1-3H3/t16-/m1/s1. The van der Waals surface area contributed by atoms with Gasteiger partial charge in [-0.1, -0.05) is 23.8 Å². The number of nitrogens with zero attached hydrogens (tertiary/aromatic N) is 1. The summed E-state index contributed by atoms with van der Waals surface area (Å²) in [5.74, 6) is 0.290. The number of likely N-dealkylation sites (tertiary alicyclic amines) is 1. The molecule has 1 aromatic rings. The Labute approximate surface area is 145 Å². The minimum atomic E-state index is -3.11. The van der Waals surface area contributed by atoms with Gasteiger partial charge in [-0.15, -0.1) is 0 Å². The molecule has 1 N–H and O–H groups in total. The summed E-state index contributed by atoms with van der Waals surface area (Å²) in [6, 6.07) is 6.62. The topological polar surface area (TPSA) is 58.6 Å². The highest BCUT2D eigenvalue weighted by Crippen LogP contribution is 2.36. The van der Waals surface area contributed by atoms with E-state index in [2.05, 4.69) is 41.7 Å². The van der Waals surface area contributed by atoms with E-state index in [-0.39, 0.29) is 5.60 Å². The molecule has 6 heteroatoms. The average molecular weight is 353 g/mol. The highest BCUT2D eigenvalue weighted by atomic mass is 32.2. The van der Waals surface area contributed by atoms with Gasteiger partial charge in [0.2, 0.25) is 10.0 Å². The Morgan fingerprint density at radius 3 is 2.71 bits per heavy atom. The van der Waals surface area contributed by atoms with Gasteiger partial charge in [-0.2, -0.15) is 0 Å². The van der Waals surface area contributed by atoms with E-state index in [9.17, 15) is 8.42 Å². The number of ether oxygens (including phenoxy) is 1. The maximum Gasteiger partial charge on any atom is 0.208 e. The highest BCUT2D eigenvalue weighted by Gasteiger charge is 2.46. The van der Waals surface area contributed by atoms with Crippen LogP contribution in [0, 0.1) is 19.8 Å². The van der Waals surface area contributed by atoms with Crippen molar-refractivity contribution >= 4 is 10.0 Å². The zero-order valence-electron chi connectivity index (χ0n) is 14.8. The van der Waals surface area contributed by atoms with Crippen LogP contribution >= 0.6 is 0 Å². The van der Waals surface area contributed by atoms with Gasteiger partial charge in [0.1, 0.15) is 0 Å². The van der Waals surface area contributed by atoms with Crippen LogP contribution < -0.4 is 4.72 Å². The highest BCUT2D eigenvalue weighted by molar-refractivity contribution is 7.88. The smallest absolute Gasteiger partial charge is 0.208 e. The van der Waals surface area contributed by atoms with Crippen molar-refractivity contribution in [1.29, 1.82) is 0 Å². The Kier molecular flexibility index (Phi) is 5.02. The fourth-order valence-electron chi connectivity index (χ4n) is 3.69. The van der Waals surface area contributed by atoms with Crippen molar-refractivity contribution < 1.29 is 13.2 Å². The van der Waals surface area contributed by atoms with Crippen molar-refractivity contribution in [2.75, 3.05) is 32.5 Å². The van der Waals surface area contributed by atoms with E-state index in [1.54, 1.807) is 0 Å². The molecule has 0 bridgehead atoms. The minimum Gasteiger partial charge on any atom is -0.372 e. The second-order valence-corrected chi connectivity index (χ2v) is 9.43. The molecule has 0 aliphatic carbocycles. The normalized spacial score (nSPS) is 24.0. The van der Waals surface area contributed by atoms with Crippen LogP contribution in [0.3, 0.4) is 0 Å². The zero-order chi connectivity index (χ0) is 17.4. The van der Waals surface area contributed by atoms with Gasteiger partial charge in [0.05, 0.1) is 18.5 Å². The minimum absolute atomic E-state index is 0.000675. The Balaban J connectivity index is 1.46. The summed E-state index contributed by atoms with van der Waals surface area (Å²) in [6.07, 6.45) is 3.25. The molecule has 2 aliphatic rings. The molecule has 2 aliphatic heterocycles. The van der Waals surface area contributed by atoms with E-state index in [4.69, 9.17) is 4.74 Å². The first kappa shape index (κ1) is 17.9. The van der Waals surface area contributed by atoms with Crippen LogP contribution in [0.15, 0.2) is 18.2 Å². The molecule has 2 saturated heterocycles. The van der Waals surface area contributed by atoms with E-state index >= 15 is 0 Å². The van der Waals surface area contributed by atoms with Crippen LogP contribution in [0.1, 0.15) is 29.5 Å². The molecule has 0 unspecified atom stereocenters. The van der Waals surface area contributed by atoms with Gasteiger partial charge < -0.3 is 4.74 Å². The summed E-state index contributed by atoms with van der Waals surface area (Å²) < 4.78 is 31.1. The predicted octanol–water partition coefficient (Wildman–Crippen LogP) is 1.83. The van der Waals surface area contributed by atoms with E-state index in [1.165, 1.54) is 22.9 Å². The number of rotatable bonds is 5. The Bertz CT molecular complexity index is 686. The van der Waals surface area contributed by atoms with Gasteiger partial charge in [-0.05, 0) is 43.7 Å². The van der Waals surface area contributed by atoms with Gasteiger partial charge in [0.25, 0.3) is 0 Å². The number of hydrogen-bond acceptors (Lipinski definition) is 4. The molecule has 0 radical (unpaired) electrons. The molecule has 1 spiro atoms. The van der Waals surface area contributed by atoms with Gasteiger partial charge >= 0.3 is 0 Å². The molecule has 24 heavy (non-hydrogen) atoms. The lowest BCUT2D eigenvalue weighted by Crippen LogP contribution is -2.64. The first-order chi connectivity index (χ1) is 11.2. The molecular formula is C18H28N2O3S. The SMILES string of the molecule is Cc1ccc(C)c(CN2CC3(CC[C@H](CNS(C)(=O)=O)CO3)C2)c1. The van der Waals surface area contributed by atoms with Crippen molar-refractivity contribution in [3.05, 3.63) is 34.9 Å². The summed E-state index contributed by atoms with van der Waals surface area (Å²) in [5.41, 5.74) is 4.05. The molecule has 0 aromatic heterocycles. The van der Waals surface area contributed by atoms with Gasteiger partial charge in [0.15, 0.2) is 0 Å². The summed E-state index contributed by atoms with van der Waals surface area (Å²) >= 11 is 0. The van der Waals surface area contributed by atoms with E-state index in [0.29, 0.717) is 19.1 Å². The summed E-state index contributed by atoms with van der Waals surface area (Å²) in [5, 5.41) is 0. The van der Waals surface area contributed by atoms with Gasteiger partial charge in [0, 0.05) is 26.2 Å². The summed E-state index contributed by atoms with van der Waals surface area (Å²) in [7, 11) is -3.11. The van der Waals surface area contributed by atoms with Crippen LogP contribution in [0.5, 0.6) is 0 Å². The molecule has 2 fully saturated rings. The predicted molar refractivity (Wildman–Crippen MR) is 95.4 cm³/mol. The quantitative estimate of drug-likeness (QED) is 0.878. The molecule has 134 valence electrons. The van der Waals surface area contributed by atoms with Crippen molar-refractivity contribution in [2.24, 2.45) is 5.92 Å². The number of aryl methyl sites for hydroxylation is 2. The molecule has 2 heterocycles. The lowest BCUT2D eigenvalue weighted by atomic mass is 9.82. The Hall–Kier alpha value is -0.950.